The van der Waals surface area contributed by atoms with Gasteiger partial charge in [0.15, 0.2) is 5.78 Å². The highest BCUT2D eigenvalue weighted by Gasteiger charge is 2.56. The molecule has 0 aromatic heterocycles. The van der Waals surface area contributed by atoms with Crippen molar-refractivity contribution in [2.45, 2.75) is 62.6 Å². The molecule has 0 spiro atoms. The van der Waals surface area contributed by atoms with Crippen molar-refractivity contribution in [2.24, 2.45) is 5.73 Å². The zero-order valence-electron chi connectivity index (χ0n) is 20.8. The van der Waals surface area contributed by atoms with E-state index in [1.807, 2.05) is 30.3 Å². The van der Waals surface area contributed by atoms with Crippen LogP contribution in [0.4, 0.5) is 0 Å². The summed E-state index contributed by atoms with van der Waals surface area (Å²) in [5, 5.41) is 23.1. The molecule has 1 saturated heterocycles. The Morgan fingerprint density at radius 1 is 0.919 bits per heavy atom. The molecule has 198 valence electrons. The van der Waals surface area contributed by atoms with Gasteiger partial charge in [-0.1, -0.05) is 67.1 Å². The van der Waals surface area contributed by atoms with Crippen LogP contribution < -0.4 is 11.1 Å². The number of carbonyl (C=O) groups excluding carboxylic acids is 2. The first-order chi connectivity index (χ1) is 17.8. The van der Waals surface area contributed by atoms with Gasteiger partial charge in [0.2, 0.25) is 11.4 Å². The van der Waals surface area contributed by atoms with E-state index in [4.69, 9.17) is 5.73 Å². The maximum Gasteiger partial charge on any atom is 0.337 e. The zero-order valence-corrected chi connectivity index (χ0v) is 20.8. The minimum atomic E-state index is -2.03. The first-order valence-corrected chi connectivity index (χ1v) is 12.7. The van der Waals surface area contributed by atoms with E-state index in [0.717, 1.165) is 10.5 Å². The van der Waals surface area contributed by atoms with Crippen LogP contribution in [0.3, 0.4) is 0 Å². The second-order valence-electron chi connectivity index (χ2n) is 9.37. The first-order valence-electron chi connectivity index (χ1n) is 12.7. The van der Waals surface area contributed by atoms with Gasteiger partial charge < -0.3 is 20.8 Å². The number of aliphatic carboxylic acids is 2. The highest BCUT2D eigenvalue weighted by molar-refractivity contribution is 6.18. The number of benzene rings is 2. The molecule has 0 aliphatic carbocycles. The normalized spacial score (nSPS) is 18.8. The van der Waals surface area contributed by atoms with Gasteiger partial charge in [-0.25, -0.2) is 4.79 Å². The Labute approximate surface area is 216 Å². The molecule has 0 saturated carbocycles. The molecule has 0 radical (unpaired) electrons. The van der Waals surface area contributed by atoms with Gasteiger partial charge in [-0.3, -0.25) is 19.7 Å². The molecular weight excluding hydrogens is 474 g/mol. The number of likely N-dealkylation sites (tertiary alicyclic amines) is 1. The number of unbranched alkanes of at least 4 members (excludes halogenated alkanes) is 1. The number of hydrogen-bond acceptors (Lipinski definition) is 6. The van der Waals surface area contributed by atoms with Crippen molar-refractivity contribution in [3.05, 3.63) is 71.8 Å². The average Bonchev–Trinajstić information content (AvgIpc) is 3.36. The predicted octanol–water partition coefficient (Wildman–Crippen LogP) is 2.49. The molecule has 1 aliphatic heterocycles. The predicted molar refractivity (Wildman–Crippen MR) is 138 cm³/mol. The summed E-state index contributed by atoms with van der Waals surface area (Å²) in [7, 11) is 0. The third-order valence-electron chi connectivity index (χ3n) is 6.92. The summed E-state index contributed by atoms with van der Waals surface area (Å²) >= 11 is 0. The zero-order chi connectivity index (χ0) is 26.8. The van der Waals surface area contributed by atoms with E-state index >= 15 is 0 Å². The number of nitrogens with zero attached hydrogens (tertiary/aromatic N) is 1. The SMILES string of the molecule is NCCCC[C@H](N[C@@H](CCc1ccccc1)C(=O)O)C(=O)N1CCC[C@@]1(C(=O)O)C(=O)c1ccccc1. The molecule has 2 aromatic rings. The van der Waals surface area contributed by atoms with Crippen LogP contribution in [0.5, 0.6) is 0 Å². The highest BCUT2D eigenvalue weighted by Crippen LogP contribution is 2.34. The van der Waals surface area contributed by atoms with Crippen LogP contribution in [0.15, 0.2) is 60.7 Å². The highest BCUT2D eigenvalue weighted by atomic mass is 16.4. The largest absolute Gasteiger partial charge is 0.480 e. The number of aryl methyl sites for hydroxylation is 1. The van der Waals surface area contributed by atoms with Gasteiger partial charge in [0.05, 0.1) is 6.04 Å². The lowest BCUT2D eigenvalue weighted by atomic mass is 9.86. The van der Waals surface area contributed by atoms with E-state index in [1.165, 1.54) is 12.1 Å². The molecule has 1 aliphatic rings. The van der Waals surface area contributed by atoms with Crippen molar-refractivity contribution in [1.29, 1.82) is 0 Å². The molecule has 3 atom stereocenters. The van der Waals surface area contributed by atoms with Gasteiger partial charge in [0.1, 0.15) is 6.04 Å². The quantitative estimate of drug-likeness (QED) is 0.172. The number of Topliss-reactive ketones (excluding diaryl/α,β-unsaturated/α-hetero) is 1. The number of nitrogens with one attached hydrogen (secondary N) is 1. The molecule has 37 heavy (non-hydrogen) atoms. The lowest BCUT2D eigenvalue weighted by molar-refractivity contribution is -0.154. The Bertz CT molecular complexity index is 1080. The van der Waals surface area contributed by atoms with Gasteiger partial charge in [-0.2, -0.15) is 0 Å². The molecule has 9 heteroatoms. The summed E-state index contributed by atoms with van der Waals surface area (Å²) in [6.45, 7) is 0.507. The third-order valence-corrected chi connectivity index (χ3v) is 6.92. The third kappa shape index (κ3) is 6.61. The van der Waals surface area contributed by atoms with Gasteiger partial charge in [0, 0.05) is 12.1 Å². The average molecular weight is 510 g/mol. The monoisotopic (exact) mass is 509 g/mol. The number of hydrogen-bond donors (Lipinski definition) is 4. The fraction of sp³-hybridized carbons (Fsp3) is 0.429. The summed E-state index contributed by atoms with van der Waals surface area (Å²) < 4.78 is 0. The lowest BCUT2D eigenvalue weighted by Crippen LogP contribution is -2.62. The first kappa shape index (κ1) is 28.0. The van der Waals surface area contributed by atoms with E-state index < -0.39 is 41.3 Å². The molecule has 0 unspecified atom stereocenters. The summed E-state index contributed by atoms with van der Waals surface area (Å²) in [5.74, 6) is -3.70. The Balaban J connectivity index is 1.87. The maximum absolute atomic E-state index is 13.9. The molecule has 1 amide bonds. The molecule has 9 nitrogen and oxygen atoms in total. The number of carboxylic acid groups (broad SMARTS) is 2. The van der Waals surface area contributed by atoms with Crippen molar-refractivity contribution in [2.75, 3.05) is 13.1 Å². The Hall–Kier alpha value is -3.56. The van der Waals surface area contributed by atoms with E-state index in [-0.39, 0.29) is 31.4 Å². The molecule has 2 aromatic carbocycles. The number of nitrogens with two attached hydrogens (primary N) is 1. The number of ketones is 1. The van der Waals surface area contributed by atoms with E-state index in [9.17, 15) is 29.4 Å². The fourth-order valence-electron chi connectivity index (χ4n) is 4.94. The maximum atomic E-state index is 13.9. The van der Waals surface area contributed by atoms with Crippen molar-refractivity contribution in [1.82, 2.24) is 10.2 Å². The Morgan fingerprint density at radius 2 is 1.57 bits per heavy atom. The van der Waals surface area contributed by atoms with Gasteiger partial charge in [-0.05, 0) is 50.6 Å². The van der Waals surface area contributed by atoms with Gasteiger partial charge in [-0.15, -0.1) is 0 Å². The van der Waals surface area contributed by atoms with Crippen LogP contribution in [0, 0.1) is 0 Å². The summed E-state index contributed by atoms with van der Waals surface area (Å²) in [4.78, 5) is 53.2. The fourth-order valence-corrected chi connectivity index (χ4v) is 4.94. The van der Waals surface area contributed by atoms with Crippen LogP contribution in [0.1, 0.15) is 54.4 Å². The molecule has 1 heterocycles. The van der Waals surface area contributed by atoms with Crippen molar-refractivity contribution in [3.63, 3.8) is 0 Å². The van der Waals surface area contributed by atoms with Crippen molar-refractivity contribution in [3.8, 4) is 0 Å². The standard InChI is InChI=1S/C28H35N3O6/c29-18-8-7-14-22(30-23(26(34)35)16-15-20-10-3-1-4-11-20)25(33)31-19-9-17-28(31,27(36)37)24(32)21-12-5-2-6-13-21/h1-6,10-13,22-23,30H,7-9,14-19,29H2,(H,34,35)(H,36,37)/t22-,23-,28-/m0/s1. The van der Waals surface area contributed by atoms with Gasteiger partial charge >= 0.3 is 11.9 Å². The summed E-state index contributed by atoms with van der Waals surface area (Å²) in [6, 6.07) is 15.5. The summed E-state index contributed by atoms with van der Waals surface area (Å²) in [5.41, 5.74) is 4.78. The molecule has 3 rings (SSSR count). The number of rotatable bonds is 14. The van der Waals surface area contributed by atoms with Crippen LogP contribution in [-0.2, 0) is 20.8 Å². The van der Waals surface area contributed by atoms with E-state index in [0.29, 0.717) is 32.2 Å². The second-order valence-corrected chi connectivity index (χ2v) is 9.37. The van der Waals surface area contributed by atoms with Crippen LogP contribution >= 0.6 is 0 Å². The number of carboxylic acids is 2. The second kappa shape index (κ2) is 13.1. The van der Waals surface area contributed by atoms with Crippen LogP contribution in [-0.4, -0.2) is 69.5 Å². The molecule has 1 fully saturated rings. The van der Waals surface area contributed by atoms with Crippen molar-refractivity contribution < 1.29 is 29.4 Å². The molecular formula is C28H35N3O6. The van der Waals surface area contributed by atoms with Crippen LogP contribution in [0.25, 0.3) is 0 Å². The van der Waals surface area contributed by atoms with E-state index in [1.54, 1.807) is 18.2 Å². The van der Waals surface area contributed by atoms with Crippen LogP contribution in [0.2, 0.25) is 0 Å². The molecule has 0 bridgehead atoms. The number of amides is 1. The molecule has 5 N–H and O–H groups in total. The summed E-state index contributed by atoms with van der Waals surface area (Å²) in [6.07, 6.45) is 2.52. The van der Waals surface area contributed by atoms with Crippen molar-refractivity contribution >= 4 is 23.6 Å². The topological polar surface area (TPSA) is 150 Å². The number of carbonyl (C=O) groups is 4. The van der Waals surface area contributed by atoms with E-state index in [2.05, 4.69) is 5.32 Å². The smallest absolute Gasteiger partial charge is 0.337 e. The Kier molecular flexibility index (Phi) is 9.93. The van der Waals surface area contributed by atoms with Gasteiger partial charge in [0.25, 0.3) is 0 Å². The minimum absolute atomic E-state index is 0.00626. The lowest BCUT2D eigenvalue weighted by Gasteiger charge is -2.36. The Morgan fingerprint density at radius 3 is 2.16 bits per heavy atom. The minimum Gasteiger partial charge on any atom is -0.480 e.